The molecule has 0 aliphatic carbocycles. The highest BCUT2D eigenvalue weighted by atomic mass is 19.3. The van der Waals surface area contributed by atoms with Crippen LogP contribution in [0, 0.1) is 17.5 Å². The average molecular weight is 428 g/mol. The summed E-state index contributed by atoms with van der Waals surface area (Å²) in [6.45, 7) is -1.27. The molecule has 1 unspecified atom stereocenters. The van der Waals surface area contributed by atoms with Gasteiger partial charge in [0.25, 0.3) is 6.43 Å². The van der Waals surface area contributed by atoms with Gasteiger partial charge in [-0.15, -0.1) is 0 Å². The molecule has 10 heteroatoms. The molecule has 0 saturated heterocycles. The van der Waals surface area contributed by atoms with Crippen molar-refractivity contribution in [3.8, 4) is 11.3 Å². The lowest BCUT2D eigenvalue weighted by Crippen LogP contribution is -2.43. The first kappa shape index (κ1) is 21.6. The number of H-pyrrole nitrogens is 1. The lowest BCUT2D eigenvalue weighted by atomic mass is 10.0. The Morgan fingerprint density at radius 2 is 1.80 bits per heavy atom. The quantitative estimate of drug-likeness (QED) is 0.495. The van der Waals surface area contributed by atoms with Gasteiger partial charge in [0.15, 0.2) is 0 Å². The van der Waals surface area contributed by atoms with Gasteiger partial charge < -0.3 is 20.1 Å². The summed E-state index contributed by atoms with van der Waals surface area (Å²) in [5, 5.41) is 10.8. The van der Waals surface area contributed by atoms with Crippen molar-refractivity contribution in [3.05, 3.63) is 59.4 Å². The number of halogens is 5. The van der Waals surface area contributed by atoms with Crippen LogP contribution in [-0.4, -0.2) is 41.9 Å². The summed E-state index contributed by atoms with van der Waals surface area (Å²) in [6, 6.07) is 5.33. The first-order chi connectivity index (χ1) is 14.3. The number of alkyl halides is 2. The second-order valence-corrected chi connectivity index (χ2v) is 6.45. The number of aliphatic hydroxyl groups is 1. The predicted molar refractivity (Wildman–Crippen MR) is 98.7 cm³/mol. The number of nitrogens with one attached hydrogen (secondary N) is 2. The zero-order chi connectivity index (χ0) is 21.8. The van der Waals surface area contributed by atoms with E-state index < -0.39 is 42.6 Å². The highest BCUT2D eigenvalue weighted by Crippen LogP contribution is 2.33. The van der Waals surface area contributed by atoms with Crippen LogP contribution in [0.4, 0.5) is 26.7 Å². The summed E-state index contributed by atoms with van der Waals surface area (Å²) in [7, 11) is 0. The van der Waals surface area contributed by atoms with E-state index in [9.17, 15) is 26.7 Å². The third kappa shape index (κ3) is 4.70. The van der Waals surface area contributed by atoms with Gasteiger partial charge in [-0.3, -0.25) is 0 Å². The highest BCUT2D eigenvalue weighted by Gasteiger charge is 2.22. The van der Waals surface area contributed by atoms with E-state index >= 15 is 0 Å². The maximum Gasteiger partial charge on any atom is 0.407 e. The number of fused-ring (bicyclic) bond motifs is 1. The Morgan fingerprint density at radius 3 is 2.43 bits per heavy atom. The molecule has 0 bridgehead atoms. The third-order valence-corrected chi connectivity index (χ3v) is 4.45. The summed E-state index contributed by atoms with van der Waals surface area (Å²) in [4.78, 5) is 14.5. The van der Waals surface area contributed by atoms with Crippen molar-refractivity contribution in [3.63, 3.8) is 0 Å². The second-order valence-electron chi connectivity index (χ2n) is 6.45. The van der Waals surface area contributed by atoms with Crippen LogP contribution in [0.3, 0.4) is 0 Å². The number of alkyl carbamates (subject to hydrolysis) is 1. The normalized spacial score (nSPS) is 12.4. The van der Waals surface area contributed by atoms with Crippen molar-refractivity contribution < 1.29 is 36.6 Å². The maximum absolute atomic E-state index is 14.2. The fourth-order valence-corrected chi connectivity index (χ4v) is 3.02. The lowest BCUT2D eigenvalue weighted by molar-refractivity contribution is 0.0585. The second kappa shape index (κ2) is 9.12. The Kier molecular flexibility index (Phi) is 6.56. The number of benzene rings is 2. The summed E-state index contributed by atoms with van der Waals surface area (Å²) < 4.78 is 71.3. The van der Waals surface area contributed by atoms with Crippen molar-refractivity contribution in [2.45, 2.75) is 18.9 Å². The molecule has 0 aliphatic rings. The van der Waals surface area contributed by atoms with Crippen LogP contribution >= 0.6 is 0 Å². The number of rotatable bonds is 7. The molecule has 0 spiro atoms. The summed E-state index contributed by atoms with van der Waals surface area (Å²) in [6.07, 6.45) is -4.16. The molecule has 3 rings (SSSR count). The molecule has 3 aromatic rings. The van der Waals surface area contributed by atoms with E-state index in [1.807, 2.05) is 5.32 Å². The van der Waals surface area contributed by atoms with E-state index in [0.717, 1.165) is 6.07 Å². The maximum atomic E-state index is 14.2. The van der Waals surface area contributed by atoms with Crippen molar-refractivity contribution in [2.75, 3.05) is 13.2 Å². The zero-order valence-corrected chi connectivity index (χ0v) is 15.4. The van der Waals surface area contributed by atoms with Gasteiger partial charge in [-0.05, 0) is 41.5 Å². The van der Waals surface area contributed by atoms with Gasteiger partial charge in [0.1, 0.15) is 23.5 Å². The first-order valence-electron chi connectivity index (χ1n) is 8.88. The number of ether oxygens (including phenoxy) is 1. The summed E-state index contributed by atoms with van der Waals surface area (Å²) >= 11 is 0. The zero-order valence-electron chi connectivity index (χ0n) is 15.4. The van der Waals surface area contributed by atoms with Crippen molar-refractivity contribution in [2.24, 2.45) is 0 Å². The Balaban J connectivity index is 1.85. The number of aromatic amines is 1. The molecule has 2 aromatic carbocycles. The van der Waals surface area contributed by atoms with Gasteiger partial charge in [-0.25, -0.2) is 26.7 Å². The fourth-order valence-electron chi connectivity index (χ4n) is 3.02. The molecule has 5 nitrogen and oxygen atoms in total. The topological polar surface area (TPSA) is 74.3 Å². The van der Waals surface area contributed by atoms with E-state index in [1.54, 1.807) is 0 Å². The van der Waals surface area contributed by atoms with Crippen molar-refractivity contribution >= 4 is 17.0 Å². The van der Waals surface area contributed by atoms with Crippen LogP contribution in [0.2, 0.25) is 0 Å². The van der Waals surface area contributed by atoms with Crippen LogP contribution in [0.25, 0.3) is 22.2 Å². The SMILES string of the molecule is O=C(NC(CO)C(F)F)OCCc1c(-c2ccc(F)cc2)[nH]c2c(F)cc(F)cc12. The molecule has 1 aromatic heterocycles. The molecule has 3 N–H and O–H groups in total. The minimum Gasteiger partial charge on any atom is -0.449 e. The summed E-state index contributed by atoms with van der Waals surface area (Å²) in [5.41, 5.74) is 1.29. The van der Waals surface area contributed by atoms with Crippen molar-refractivity contribution in [1.29, 1.82) is 0 Å². The van der Waals surface area contributed by atoms with E-state index in [0.29, 0.717) is 22.9 Å². The molecule has 0 saturated carbocycles. The number of carbonyl (C=O) groups excluding carboxylic acids is 1. The Labute approximate surface area is 167 Å². The number of hydrogen-bond acceptors (Lipinski definition) is 3. The largest absolute Gasteiger partial charge is 0.449 e. The van der Waals surface area contributed by atoms with Gasteiger partial charge >= 0.3 is 6.09 Å². The number of carbonyl (C=O) groups is 1. The molecule has 1 amide bonds. The number of hydrogen-bond donors (Lipinski definition) is 3. The van der Waals surface area contributed by atoms with Gasteiger partial charge in [0.2, 0.25) is 0 Å². The molecule has 30 heavy (non-hydrogen) atoms. The molecule has 0 aliphatic heterocycles. The Morgan fingerprint density at radius 1 is 1.10 bits per heavy atom. The standard InChI is InChI=1S/C20H17F5N2O3/c21-11-3-1-10(2-4-11)17-13(14-7-12(22)8-15(23)18(14)27-17)5-6-30-20(29)26-16(9-28)19(24)25/h1-4,7-8,16,19,27-28H,5-6,9H2,(H,26,29). The number of aromatic nitrogens is 1. The minimum atomic E-state index is -2.98. The van der Waals surface area contributed by atoms with E-state index in [-0.39, 0.29) is 23.9 Å². The van der Waals surface area contributed by atoms with Crippen LogP contribution in [0.15, 0.2) is 36.4 Å². The van der Waals surface area contributed by atoms with Gasteiger partial charge in [0.05, 0.1) is 18.7 Å². The molecule has 0 radical (unpaired) electrons. The Bertz CT molecular complexity index is 1040. The van der Waals surface area contributed by atoms with E-state index in [2.05, 4.69) is 4.98 Å². The van der Waals surface area contributed by atoms with Crippen LogP contribution < -0.4 is 5.32 Å². The smallest absolute Gasteiger partial charge is 0.407 e. The molecule has 1 heterocycles. The molecular weight excluding hydrogens is 411 g/mol. The monoisotopic (exact) mass is 428 g/mol. The van der Waals surface area contributed by atoms with Crippen LogP contribution in [0.5, 0.6) is 0 Å². The summed E-state index contributed by atoms with van der Waals surface area (Å²) in [5.74, 6) is -2.13. The number of aliphatic hydroxyl groups excluding tert-OH is 1. The van der Waals surface area contributed by atoms with Gasteiger partial charge in [0, 0.05) is 23.6 Å². The van der Waals surface area contributed by atoms with Gasteiger partial charge in [-0.1, -0.05) is 0 Å². The van der Waals surface area contributed by atoms with Gasteiger partial charge in [-0.2, -0.15) is 0 Å². The molecular formula is C20H17F5N2O3. The van der Waals surface area contributed by atoms with E-state index in [4.69, 9.17) is 9.84 Å². The number of amides is 1. The lowest BCUT2D eigenvalue weighted by Gasteiger charge is -2.15. The molecule has 160 valence electrons. The predicted octanol–water partition coefficient (Wildman–Crippen LogP) is 4.15. The Hall–Kier alpha value is -3.14. The van der Waals surface area contributed by atoms with Crippen molar-refractivity contribution in [1.82, 2.24) is 10.3 Å². The molecule has 0 fully saturated rings. The van der Waals surface area contributed by atoms with Crippen LogP contribution in [-0.2, 0) is 11.2 Å². The minimum absolute atomic E-state index is 0.0124. The molecule has 1 atom stereocenters. The average Bonchev–Trinajstić information content (AvgIpc) is 3.05. The third-order valence-electron chi connectivity index (χ3n) is 4.45. The van der Waals surface area contributed by atoms with E-state index in [1.165, 1.54) is 24.3 Å². The first-order valence-corrected chi connectivity index (χ1v) is 8.88. The van der Waals surface area contributed by atoms with Crippen LogP contribution in [0.1, 0.15) is 5.56 Å². The fraction of sp³-hybridized carbons (Fsp3) is 0.250. The highest BCUT2D eigenvalue weighted by molar-refractivity contribution is 5.91.